The molecule has 1 aliphatic carbocycles. The van der Waals surface area contributed by atoms with Crippen LogP contribution in [0.4, 0.5) is 0 Å². The molecule has 0 bridgehead atoms. The largest absolute Gasteiger partial charge is 0.497 e. The number of aliphatic hydroxyl groups excluding tert-OH is 1. The first-order valence-corrected chi connectivity index (χ1v) is 8.34. The number of hydrogen-bond acceptors (Lipinski definition) is 4. The lowest BCUT2D eigenvalue weighted by atomic mass is 9.65. The van der Waals surface area contributed by atoms with Crippen LogP contribution >= 0.6 is 0 Å². The van der Waals surface area contributed by atoms with E-state index >= 15 is 0 Å². The highest BCUT2D eigenvalue weighted by molar-refractivity contribution is 5.93. The van der Waals surface area contributed by atoms with Crippen molar-refractivity contribution in [1.29, 1.82) is 0 Å². The Kier molecular flexibility index (Phi) is 4.23. The fourth-order valence-corrected chi connectivity index (χ4v) is 3.95. The molecule has 1 saturated carbocycles. The lowest BCUT2D eigenvalue weighted by molar-refractivity contribution is -0.195. The van der Waals surface area contributed by atoms with Gasteiger partial charge in [0.1, 0.15) is 6.10 Å². The van der Waals surface area contributed by atoms with E-state index in [9.17, 15) is 9.90 Å². The molecule has 1 N–H and O–H groups in total. The number of ether oxygens (including phenoxy) is 2. The summed E-state index contributed by atoms with van der Waals surface area (Å²) in [6, 6.07) is 0. The Bertz CT molecular complexity index is 568. The molecule has 0 amide bonds. The van der Waals surface area contributed by atoms with Crippen LogP contribution in [0.25, 0.3) is 0 Å². The Morgan fingerprint density at radius 3 is 2.78 bits per heavy atom. The first-order chi connectivity index (χ1) is 10.8. The number of hydrogen-bond donors (Lipinski definition) is 1. The first-order valence-electron chi connectivity index (χ1n) is 8.34. The van der Waals surface area contributed by atoms with E-state index in [1.54, 1.807) is 0 Å². The lowest BCUT2D eigenvalue weighted by Crippen LogP contribution is -2.61. The van der Waals surface area contributed by atoms with Crippen molar-refractivity contribution in [2.45, 2.75) is 58.0 Å². The Hall–Kier alpha value is -1.39. The first kappa shape index (κ1) is 16.5. The Labute approximate surface area is 137 Å². The van der Waals surface area contributed by atoms with Crippen molar-refractivity contribution in [1.82, 2.24) is 0 Å². The second-order valence-corrected chi connectivity index (χ2v) is 7.63. The summed E-state index contributed by atoms with van der Waals surface area (Å²) in [6.07, 6.45) is 8.60. The van der Waals surface area contributed by atoms with Crippen molar-refractivity contribution in [3.8, 4) is 0 Å². The van der Waals surface area contributed by atoms with Gasteiger partial charge in [-0.25, -0.2) is 0 Å². The molecule has 0 aromatic rings. The molecule has 126 valence electrons. The van der Waals surface area contributed by atoms with Gasteiger partial charge in [-0.3, -0.25) is 4.79 Å². The van der Waals surface area contributed by atoms with Crippen LogP contribution in [0.1, 0.15) is 34.1 Å². The second kappa shape index (κ2) is 5.91. The fourth-order valence-electron chi connectivity index (χ4n) is 3.95. The summed E-state index contributed by atoms with van der Waals surface area (Å²) in [6.45, 7) is 8.15. The highest BCUT2D eigenvalue weighted by Gasteiger charge is 2.55. The third-order valence-corrected chi connectivity index (χ3v) is 5.09. The average Bonchev–Trinajstić information content (AvgIpc) is 2.45. The van der Waals surface area contributed by atoms with Crippen LogP contribution < -0.4 is 0 Å². The molecular weight excluding hydrogens is 292 g/mol. The fraction of sp³-hybridized carbons (Fsp3) is 0.632. The van der Waals surface area contributed by atoms with Gasteiger partial charge in [-0.2, -0.15) is 0 Å². The van der Waals surface area contributed by atoms with Gasteiger partial charge in [0.25, 0.3) is 0 Å². The minimum Gasteiger partial charge on any atom is -0.497 e. The summed E-state index contributed by atoms with van der Waals surface area (Å²) in [5.74, 6) is -0.681. The number of rotatable bonds is 2. The quantitative estimate of drug-likeness (QED) is 0.796. The van der Waals surface area contributed by atoms with Crippen LogP contribution in [0.2, 0.25) is 0 Å². The smallest absolute Gasteiger partial charge is 0.168 e. The van der Waals surface area contributed by atoms with Crippen LogP contribution in [0.5, 0.6) is 0 Å². The molecule has 3 rings (SSSR count). The third-order valence-electron chi connectivity index (χ3n) is 5.09. The molecule has 1 fully saturated rings. The zero-order valence-electron chi connectivity index (χ0n) is 14.2. The Morgan fingerprint density at radius 2 is 2.09 bits per heavy atom. The zero-order chi connectivity index (χ0) is 16.8. The molecule has 6 atom stereocenters. The predicted octanol–water partition coefficient (Wildman–Crippen LogP) is 2.78. The highest BCUT2D eigenvalue weighted by atomic mass is 16.5. The predicted molar refractivity (Wildman–Crippen MR) is 87.6 cm³/mol. The summed E-state index contributed by atoms with van der Waals surface area (Å²) in [4.78, 5) is 12.3. The molecule has 0 aromatic carbocycles. The van der Waals surface area contributed by atoms with E-state index in [0.29, 0.717) is 0 Å². The highest BCUT2D eigenvalue weighted by Crippen LogP contribution is 2.45. The normalized spacial score (nSPS) is 40.8. The minimum absolute atomic E-state index is 0.0430. The second-order valence-electron chi connectivity index (χ2n) is 7.63. The van der Waals surface area contributed by atoms with Crippen molar-refractivity contribution >= 4 is 5.78 Å². The van der Waals surface area contributed by atoms with Crippen molar-refractivity contribution < 1.29 is 19.4 Å². The Balaban J connectivity index is 1.99. The maximum absolute atomic E-state index is 12.3. The zero-order valence-corrected chi connectivity index (χ0v) is 14.2. The third kappa shape index (κ3) is 3.02. The summed E-state index contributed by atoms with van der Waals surface area (Å²) >= 11 is 0. The van der Waals surface area contributed by atoms with Gasteiger partial charge in [-0.1, -0.05) is 23.8 Å². The lowest BCUT2D eigenvalue weighted by Gasteiger charge is -2.51. The number of aliphatic hydroxyl groups is 1. The monoisotopic (exact) mass is 318 g/mol. The summed E-state index contributed by atoms with van der Waals surface area (Å²) in [5, 5.41) is 10.8. The number of carbonyl (C=O) groups is 1. The summed E-state index contributed by atoms with van der Waals surface area (Å²) in [7, 11) is 0. The van der Waals surface area contributed by atoms with E-state index in [0.717, 1.165) is 6.42 Å². The number of fused-ring (bicyclic) bond motifs is 2. The summed E-state index contributed by atoms with van der Waals surface area (Å²) < 4.78 is 12.1. The Morgan fingerprint density at radius 1 is 1.35 bits per heavy atom. The minimum atomic E-state index is -0.766. The maximum atomic E-state index is 12.3. The van der Waals surface area contributed by atoms with Gasteiger partial charge in [0.15, 0.2) is 5.78 Å². The van der Waals surface area contributed by atoms with Gasteiger partial charge in [-0.05, 0) is 34.1 Å². The number of allylic oxidation sites excluding steroid dienone is 3. The van der Waals surface area contributed by atoms with Gasteiger partial charge in [0.05, 0.1) is 30.0 Å². The van der Waals surface area contributed by atoms with E-state index in [1.807, 2.05) is 26.0 Å². The maximum Gasteiger partial charge on any atom is 0.168 e. The van der Waals surface area contributed by atoms with Crippen LogP contribution in [0, 0.1) is 17.8 Å². The average molecular weight is 318 g/mol. The molecule has 2 aliphatic heterocycles. The molecule has 2 heterocycles. The molecular formula is C19H26O4. The van der Waals surface area contributed by atoms with E-state index in [2.05, 4.69) is 19.9 Å². The van der Waals surface area contributed by atoms with E-state index < -0.39 is 12.0 Å². The SMILES string of the molecule is CC(C)=CCC1C2OC(C)(C)C=CC2C(O)C2C(=O)C=COC12. The van der Waals surface area contributed by atoms with Crippen molar-refractivity contribution in [3.05, 3.63) is 36.1 Å². The van der Waals surface area contributed by atoms with Crippen molar-refractivity contribution in [3.63, 3.8) is 0 Å². The van der Waals surface area contributed by atoms with Crippen molar-refractivity contribution in [2.24, 2.45) is 17.8 Å². The molecule has 0 spiro atoms. The molecule has 4 heteroatoms. The molecule has 6 unspecified atom stereocenters. The van der Waals surface area contributed by atoms with Gasteiger partial charge in [0, 0.05) is 17.9 Å². The van der Waals surface area contributed by atoms with Crippen LogP contribution in [-0.4, -0.2) is 34.8 Å². The van der Waals surface area contributed by atoms with Crippen molar-refractivity contribution in [2.75, 3.05) is 0 Å². The molecule has 0 radical (unpaired) electrons. The topological polar surface area (TPSA) is 55.8 Å². The summed E-state index contributed by atoms with van der Waals surface area (Å²) in [5.41, 5.74) is 0.860. The molecule has 3 aliphatic rings. The number of ketones is 1. The van der Waals surface area contributed by atoms with Gasteiger partial charge >= 0.3 is 0 Å². The molecule has 4 nitrogen and oxygen atoms in total. The van der Waals surface area contributed by atoms with Crippen LogP contribution in [0.15, 0.2) is 36.1 Å². The number of carbonyl (C=O) groups excluding carboxylic acids is 1. The molecule has 23 heavy (non-hydrogen) atoms. The van der Waals surface area contributed by atoms with E-state index in [1.165, 1.54) is 17.9 Å². The standard InChI is InChI=1S/C19H26O4/c1-11(2)5-6-13-17-12(7-9-19(3,4)23-17)16(21)15-14(20)8-10-22-18(13)15/h5,7-10,12-13,15-18,21H,6H2,1-4H3. The van der Waals surface area contributed by atoms with Crippen LogP contribution in [-0.2, 0) is 14.3 Å². The molecule has 0 aromatic heterocycles. The molecule has 0 saturated heterocycles. The van der Waals surface area contributed by atoms with Gasteiger partial charge in [-0.15, -0.1) is 0 Å². The van der Waals surface area contributed by atoms with E-state index in [-0.39, 0.29) is 35.4 Å². The van der Waals surface area contributed by atoms with E-state index in [4.69, 9.17) is 9.47 Å². The van der Waals surface area contributed by atoms with Gasteiger partial charge < -0.3 is 14.6 Å². The van der Waals surface area contributed by atoms with Gasteiger partial charge in [0.2, 0.25) is 0 Å². The van der Waals surface area contributed by atoms with Crippen LogP contribution in [0.3, 0.4) is 0 Å².